The lowest BCUT2D eigenvalue weighted by molar-refractivity contribution is 0.0719. The second-order valence-corrected chi connectivity index (χ2v) is 8.41. The van der Waals surface area contributed by atoms with Crippen molar-refractivity contribution in [2.75, 3.05) is 6.61 Å². The molecule has 4 heteroatoms. The van der Waals surface area contributed by atoms with Crippen LogP contribution in [-0.4, -0.2) is 21.7 Å². The van der Waals surface area contributed by atoms with Gasteiger partial charge in [0.1, 0.15) is 11.5 Å². The summed E-state index contributed by atoms with van der Waals surface area (Å²) in [7, 11) is 0. The van der Waals surface area contributed by atoms with Gasteiger partial charge in [-0.1, -0.05) is 48.5 Å². The third kappa shape index (κ3) is 5.01. The van der Waals surface area contributed by atoms with E-state index in [1.54, 1.807) is 23.5 Å². The molecule has 0 saturated carbocycles. The van der Waals surface area contributed by atoms with Gasteiger partial charge in [-0.2, -0.15) is 0 Å². The topological polar surface area (TPSA) is 29.5 Å². The summed E-state index contributed by atoms with van der Waals surface area (Å²) in [5.74, 6) is 0. The summed E-state index contributed by atoms with van der Waals surface area (Å²) in [5, 5.41) is 10.9. The number of hydrogen-bond acceptors (Lipinski definition) is 4. The van der Waals surface area contributed by atoms with Crippen LogP contribution in [-0.2, 0) is 4.74 Å². The third-order valence-electron chi connectivity index (χ3n) is 3.82. The average molecular weight is 347 g/mol. The van der Waals surface area contributed by atoms with E-state index in [2.05, 4.69) is 12.1 Å². The van der Waals surface area contributed by atoms with Gasteiger partial charge >= 0.3 is 0 Å². The Morgan fingerprint density at radius 1 is 0.957 bits per heavy atom. The molecule has 2 aromatic rings. The summed E-state index contributed by atoms with van der Waals surface area (Å²) < 4.78 is 5.89. The second-order valence-electron chi connectivity index (χ2n) is 5.59. The second kappa shape index (κ2) is 8.78. The molecule has 2 aromatic carbocycles. The summed E-state index contributed by atoms with van der Waals surface area (Å²) in [5.41, 5.74) is 1.15. The zero-order valence-electron chi connectivity index (χ0n) is 13.0. The molecule has 2 nitrogen and oxygen atoms in total. The molecule has 0 radical (unpaired) electrons. The molecule has 1 heterocycles. The Bertz CT molecular complexity index is 570. The minimum absolute atomic E-state index is 0.0166. The Hall–Kier alpha value is -0.940. The quantitative estimate of drug-likeness (QED) is 0.582. The van der Waals surface area contributed by atoms with E-state index in [4.69, 9.17) is 4.74 Å². The molecular weight excluding hydrogens is 324 g/mol. The van der Waals surface area contributed by atoms with E-state index in [9.17, 15) is 5.11 Å². The number of thioether (sulfide) groups is 2. The fraction of sp³-hybridized carbons (Fsp3) is 0.368. The van der Waals surface area contributed by atoms with E-state index in [0.717, 1.165) is 25.0 Å². The highest BCUT2D eigenvalue weighted by Crippen LogP contribution is 2.42. The van der Waals surface area contributed by atoms with Crippen LogP contribution in [0.2, 0.25) is 0 Å². The predicted octanol–water partition coefficient (Wildman–Crippen LogP) is 5.10. The minimum atomic E-state index is -0.517. The third-order valence-corrected chi connectivity index (χ3v) is 6.68. The first kappa shape index (κ1) is 16.9. The molecule has 122 valence electrons. The van der Waals surface area contributed by atoms with E-state index in [-0.39, 0.29) is 10.0 Å². The van der Waals surface area contributed by atoms with Crippen LogP contribution in [0.3, 0.4) is 0 Å². The van der Waals surface area contributed by atoms with Gasteiger partial charge in [-0.15, -0.1) is 23.5 Å². The Morgan fingerprint density at radius 2 is 1.65 bits per heavy atom. The van der Waals surface area contributed by atoms with Gasteiger partial charge in [0.25, 0.3) is 0 Å². The van der Waals surface area contributed by atoms with Crippen molar-refractivity contribution in [2.24, 2.45) is 0 Å². The van der Waals surface area contributed by atoms with Gasteiger partial charge in [0.05, 0.1) is 4.58 Å². The lowest BCUT2D eigenvalue weighted by Gasteiger charge is -2.29. The van der Waals surface area contributed by atoms with Gasteiger partial charge in [0.15, 0.2) is 0 Å². The monoisotopic (exact) mass is 346 g/mol. The standard InChI is InChI=1S/C19H22O2S2/c20-18(15-9-3-1-4-10-15)19(22-16-11-5-2-6-12-16)23-17-13-7-8-14-21-17/h1-6,9-12,17-20H,7-8,13-14H2. The zero-order chi connectivity index (χ0) is 15.9. The minimum Gasteiger partial charge on any atom is -0.386 e. The van der Waals surface area contributed by atoms with E-state index < -0.39 is 6.10 Å². The molecule has 1 N–H and O–H groups in total. The molecule has 0 aliphatic carbocycles. The Kier molecular flexibility index (Phi) is 6.46. The molecule has 0 bridgehead atoms. The Labute approximate surface area is 146 Å². The first-order valence-electron chi connectivity index (χ1n) is 8.05. The summed E-state index contributed by atoms with van der Waals surface area (Å²) in [6, 6.07) is 20.2. The van der Waals surface area contributed by atoms with E-state index in [1.165, 1.54) is 11.3 Å². The largest absolute Gasteiger partial charge is 0.386 e. The first-order chi connectivity index (χ1) is 11.3. The van der Waals surface area contributed by atoms with Crippen molar-refractivity contribution in [3.63, 3.8) is 0 Å². The molecule has 3 unspecified atom stereocenters. The van der Waals surface area contributed by atoms with Crippen molar-refractivity contribution in [2.45, 2.75) is 40.3 Å². The number of ether oxygens (including phenoxy) is 1. The predicted molar refractivity (Wildman–Crippen MR) is 98.7 cm³/mol. The number of rotatable bonds is 6. The number of aliphatic hydroxyl groups is 1. The van der Waals surface area contributed by atoms with Gasteiger partial charge in [-0.25, -0.2) is 0 Å². The van der Waals surface area contributed by atoms with Crippen molar-refractivity contribution in [3.8, 4) is 0 Å². The highest BCUT2D eigenvalue weighted by Gasteiger charge is 2.27. The maximum absolute atomic E-state index is 10.9. The van der Waals surface area contributed by atoms with E-state index in [0.29, 0.717) is 0 Å². The molecule has 3 atom stereocenters. The van der Waals surface area contributed by atoms with Crippen molar-refractivity contribution in [1.82, 2.24) is 0 Å². The van der Waals surface area contributed by atoms with Crippen LogP contribution in [0.1, 0.15) is 30.9 Å². The zero-order valence-corrected chi connectivity index (χ0v) is 14.6. The van der Waals surface area contributed by atoms with E-state index >= 15 is 0 Å². The SMILES string of the molecule is OC(c1ccccc1)C(Sc1ccccc1)SC1CCCCO1. The molecule has 1 fully saturated rings. The molecular formula is C19H22O2S2. The molecule has 1 saturated heterocycles. The number of hydrogen-bond donors (Lipinski definition) is 1. The van der Waals surface area contributed by atoms with Crippen LogP contribution in [0, 0.1) is 0 Å². The molecule has 23 heavy (non-hydrogen) atoms. The first-order valence-corrected chi connectivity index (χ1v) is 9.87. The average Bonchev–Trinajstić information content (AvgIpc) is 2.63. The summed E-state index contributed by atoms with van der Waals surface area (Å²) in [4.78, 5) is 1.18. The summed E-state index contributed by atoms with van der Waals surface area (Å²) in [6.45, 7) is 0.835. The van der Waals surface area contributed by atoms with Crippen molar-refractivity contribution >= 4 is 23.5 Å². The molecule has 0 aromatic heterocycles. The lowest BCUT2D eigenvalue weighted by Crippen LogP contribution is -2.21. The molecule has 3 rings (SSSR count). The normalized spacial score (nSPS) is 20.8. The van der Waals surface area contributed by atoms with Crippen molar-refractivity contribution in [1.29, 1.82) is 0 Å². The fourth-order valence-electron chi connectivity index (χ4n) is 2.58. The van der Waals surface area contributed by atoms with E-state index in [1.807, 2.05) is 48.5 Å². The highest BCUT2D eigenvalue weighted by molar-refractivity contribution is 8.17. The van der Waals surface area contributed by atoms with Crippen molar-refractivity contribution in [3.05, 3.63) is 66.2 Å². The van der Waals surface area contributed by atoms with Gasteiger partial charge in [0, 0.05) is 11.5 Å². The fourth-order valence-corrected chi connectivity index (χ4v) is 5.45. The smallest absolute Gasteiger partial charge is 0.104 e. The van der Waals surface area contributed by atoms with Gasteiger partial charge in [0.2, 0.25) is 0 Å². The highest BCUT2D eigenvalue weighted by atomic mass is 32.2. The molecule has 1 aliphatic rings. The maximum Gasteiger partial charge on any atom is 0.104 e. The molecule has 0 spiro atoms. The molecule has 0 amide bonds. The summed E-state index contributed by atoms with van der Waals surface area (Å²) >= 11 is 3.47. The van der Waals surface area contributed by atoms with Gasteiger partial charge < -0.3 is 9.84 Å². The van der Waals surface area contributed by atoms with Crippen LogP contribution < -0.4 is 0 Å². The maximum atomic E-state index is 10.9. The van der Waals surface area contributed by atoms with Crippen LogP contribution in [0.25, 0.3) is 0 Å². The Balaban J connectivity index is 1.74. The summed E-state index contributed by atoms with van der Waals surface area (Å²) in [6.07, 6.45) is 2.91. The lowest BCUT2D eigenvalue weighted by atomic mass is 10.1. The van der Waals surface area contributed by atoms with Gasteiger partial charge in [-0.3, -0.25) is 0 Å². The van der Waals surface area contributed by atoms with Gasteiger partial charge in [-0.05, 0) is 37.0 Å². The van der Waals surface area contributed by atoms with Crippen LogP contribution in [0.15, 0.2) is 65.6 Å². The number of aliphatic hydroxyl groups excluding tert-OH is 1. The molecule has 1 aliphatic heterocycles. The van der Waals surface area contributed by atoms with Crippen molar-refractivity contribution < 1.29 is 9.84 Å². The van der Waals surface area contributed by atoms with Crippen LogP contribution in [0.4, 0.5) is 0 Å². The van der Waals surface area contributed by atoms with Crippen LogP contribution in [0.5, 0.6) is 0 Å². The number of benzene rings is 2. The Morgan fingerprint density at radius 3 is 2.30 bits per heavy atom. The van der Waals surface area contributed by atoms with Crippen LogP contribution >= 0.6 is 23.5 Å².